The maximum absolute atomic E-state index is 13.3. The number of nitrogens with two attached hydrogens (primary N) is 1. The summed E-state index contributed by atoms with van der Waals surface area (Å²) in [6, 6.07) is 6.70. The van der Waals surface area contributed by atoms with Gasteiger partial charge in [-0.25, -0.2) is 4.39 Å². The average Bonchev–Trinajstić information content (AvgIpc) is 2.37. The molecule has 0 spiro atoms. The molecule has 106 valence electrons. The summed E-state index contributed by atoms with van der Waals surface area (Å²) in [5.41, 5.74) is 6.34. The standard InChI is InChI=1S/C14H11Cl3FNO/c1-7(19)9-4-8(18)2-3-13(9)20-14-6-11(16)10(15)5-12(14)17/h2-7H,19H2,1H3/t7-/m1/s1. The number of halogens is 4. The molecule has 0 aromatic heterocycles. The van der Waals surface area contributed by atoms with Gasteiger partial charge in [-0.1, -0.05) is 34.8 Å². The third kappa shape index (κ3) is 3.36. The molecule has 0 fully saturated rings. The first-order chi connectivity index (χ1) is 9.38. The Morgan fingerprint density at radius 3 is 2.30 bits per heavy atom. The van der Waals surface area contributed by atoms with Crippen molar-refractivity contribution in [2.45, 2.75) is 13.0 Å². The lowest BCUT2D eigenvalue weighted by molar-refractivity contribution is 0.469. The van der Waals surface area contributed by atoms with Crippen LogP contribution < -0.4 is 10.5 Å². The van der Waals surface area contributed by atoms with Crippen molar-refractivity contribution in [3.05, 3.63) is 56.8 Å². The Labute approximate surface area is 131 Å². The van der Waals surface area contributed by atoms with Gasteiger partial charge in [-0.3, -0.25) is 0 Å². The molecule has 20 heavy (non-hydrogen) atoms. The lowest BCUT2D eigenvalue weighted by Crippen LogP contribution is -2.07. The summed E-state index contributed by atoms with van der Waals surface area (Å²) >= 11 is 17.8. The first-order valence-corrected chi connectivity index (χ1v) is 6.89. The number of hydrogen-bond acceptors (Lipinski definition) is 2. The molecule has 6 heteroatoms. The van der Waals surface area contributed by atoms with Gasteiger partial charge < -0.3 is 10.5 Å². The van der Waals surface area contributed by atoms with E-state index in [1.54, 1.807) is 6.92 Å². The first kappa shape index (κ1) is 15.4. The Bertz CT molecular complexity index is 647. The van der Waals surface area contributed by atoms with Crippen LogP contribution in [0.15, 0.2) is 30.3 Å². The van der Waals surface area contributed by atoms with Crippen LogP contribution in [-0.4, -0.2) is 0 Å². The highest BCUT2D eigenvalue weighted by molar-refractivity contribution is 6.43. The van der Waals surface area contributed by atoms with Crippen LogP contribution in [-0.2, 0) is 0 Å². The van der Waals surface area contributed by atoms with Gasteiger partial charge in [-0.2, -0.15) is 0 Å². The average molecular weight is 335 g/mol. The highest BCUT2D eigenvalue weighted by atomic mass is 35.5. The minimum atomic E-state index is -0.387. The van der Waals surface area contributed by atoms with Gasteiger partial charge in [0.25, 0.3) is 0 Å². The Balaban J connectivity index is 2.42. The van der Waals surface area contributed by atoms with Crippen molar-refractivity contribution >= 4 is 34.8 Å². The predicted octanol–water partition coefficient (Wildman–Crippen LogP) is 5.60. The molecule has 2 nitrogen and oxygen atoms in total. The predicted molar refractivity (Wildman–Crippen MR) is 80.5 cm³/mol. The van der Waals surface area contributed by atoms with Gasteiger partial charge in [-0.05, 0) is 31.2 Å². The Morgan fingerprint density at radius 2 is 1.65 bits per heavy atom. The minimum Gasteiger partial charge on any atom is -0.455 e. The summed E-state index contributed by atoms with van der Waals surface area (Å²) in [7, 11) is 0. The van der Waals surface area contributed by atoms with Crippen molar-refractivity contribution in [1.82, 2.24) is 0 Å². The van der Waals surface area contributed by atoms with Gasteiger partial charge in [0.15, 0.2) is 0 Å². The summed E-state index contributed by atoms with van der Waals surface area (Å²) in [6.07, 6.45) is 0. The molecule has 0 unspecified atom stereocenters. The highest BCUT2D eigenvalue weighted by Crippen LogP contribution is 2.38. The summed E-state index contributed by atoms with van der Waals surface area (Å²) in [4.78, 5) is 0. The second-order valence-electron chi connectivity index (χ2n) is 4.27. The normalized spacial score (nSPS) is 12.3. The van der Waals surface area contributed by atoms with Gasteiger partial charge in [0.2, 0.25) is 0 Å². The Morgan fingerprint density at radius 1 is 1.00 bits per heavy atom. The van der Waals surface area contributed by atoms with Crippen LogP contribution in [0.2, 0.25) is 15.1 Å². The van der Waals surface area contributed by atoms with E-state index in [4.69, 9.17) is 45.3 Å². The van der Waals surface area contributed by atoms with Crippen molar-refractivity contribution in [2.24, 2.45) is 5.73 Å². The SMILES string of the molecule is C[C@@H](N)c1cc(F)ccc1Oc1cc(Cl)c(Cl)cc1Cl. The molecule has 2 aromatic carbocycles. The molecule has 0 aliphatic rings. The van der Waals surface area contributed by atoms with E-state index in [2.05, 4.69) is 0 Å². The van der Waals surface area contributed by atoms with E-state index in [-0.39, 0.29) is 11.9 Å². The monoisotopic (exact) mass is 333 g/mol. The molecule has 0 saturated heterocycles. The quantitative estimate of drug-likeness (QED) is 0.742. The lowest BCUT2D eigenvalue weighted by atomic mass is 10.1. The molecule has 1 atom stereocenters. The zero-order valence-electron chi connectivity index (χ0n) is 10.5. The molecule has 2 rings (SSSR count). The number of ether oxygens (including phenoxy) is 1. The van der Waals surface area contributed by atoms with Crippen LogP contribution in [0.4, 0.5) is 4.39 Å². The van der Waals surface area contributed by atoms with Crippen molar-refractivity contribution < 1.29 is 9.13 Å². The van der Waals surface area contributed by atoms with Crippen molar-refractivity contribution in [2.75, 3.05) is 0 Å². The van der Waals surface area contributed by atoms with Gasteiger partial charge in [0.05, 0.1) is 15.1 Å². The Hall–Kier alpha value is -1.000. The summed E-state index contributed by atoms with van der Waals surface area (Å²) in [5.74, 6) is 0.362. The van der Waals surface area contributed by atoms with E-state index >= 15 is 0 Å². The van der Waals surface area contributed by atoms with Crippen LogP contribution in [0.1, 0.15) is 18.5 Å². The number of rotatable bonds is 3. The van der Waals surface area contributed by atoms with Crippen LogP contribution in [0.3, 0.4) is 0 Å². The topological polar surface area (TPSA) is 35.2 Å². The molecule has 0 radical (unpaired) electrons. The van der Waals surface area contributed by atoms with E-state index in [9.17, 15) is 4.39 Å². The molecule has 0 bridgehead atoms. The summed E-state index contributed by atoms with van der Waals surface area (Å²) in [6.45, 7) is 1.73. The zero-order valence-corrected chi connectivity index (χ0v) is 12.7. The zero-order chi connectivity index (χ0) is 14.9. The molecule has 0 aliphatic carbocycles. The maximum atomic E-state index is 13.3. The molecule has 0 aliphatic heterocycles. The van der Waals surface area contributed by atoms with E-state index in [0.29, 0.717) is 32.1 Å². The van der Waals surface area contributed by atoms with E-state index in [1.807, 2.05) is 0 Å². The maximum Gasteiger partial charge on any atom is 0.147 e. The van der Waals surface area contributed by atoms with E-state index < -0.39 is 0 Å². The largest absolute Gasteiger partial charge is 0.455 e. The molecule has 0 saturated carbocycles. The molecule has 2 N–H and O–H groups in total. The van der Waals surface area contributed by atoms with Crippen LogP contribution in [0.25, 0.3) is 0 Å². The minimum absolute atomic E-state index is 0.305. The summed E-state index contributed by atoms with van der Waals surface area (Å²) < 4.78 is 18.9. The van der Waals surface area contributed by atoms with E-state index in [0.717, 1.165) is 0 Å². The van der Waals surface area contributed by atoms with Gasteiger partial charge >= 0.3 is 0 Å². The first-order valence-electron chi connectivity index (χ1n) is 5.76. The van der Waals surface area contributed by atoms with Gasteiger partial charge in [0.1, 0.15) is 17.3 Å². The third-order valence-corrected chi connectivity index (χ3v) is 3.67. The second-order valence-corrected chi connectivity index (χ2v) is 5.49. The fourth-order valence-electron chi connectivity index (χ4n) is 1.67. The Kier molecular flexibility index (Phi) is 4.76. The van der Waals surface area contributed by atoms with Gasteiger partial charge in [-0.15, -0.1) is 0 Å². The van der Waals surface area contributed by atoms with Crippen LogP contribution >= 0.6 is 34.8 Å². The summed E-state index contributed by atoms with van der Waals surface area (Å²) in [5, 5.41) is 0.949. The van der Waals surface area contributed by atoms with Crippen LogP contribution in [0.5, 0.6) is 11.5 Å². The van der Waals surface area contributed by atoms with E-state index in [1.165, 1.54) is 30.3 Å². The molecule has 0 amide bonds. The highest BCUT2D eigenvalue weighted by Gasteiger charge is 2.13. The van der Waals surface area contributed by atoms with Crippen molar-refractivity contribution in [1.29, 1.82) is 0 Å². The molecule has 2 aromatic rings. The van der Waals surface area contributed by atoms with Crippen molar-refractivity contribution in [3.63, 3.8) is 0 Å². The van der Waals surface area contributed by atoms with Crippen molar-refractivity contribution in [3.8, 4) is 11.5 Å². The second kappa shape index (κ2) is 6.19. The third-order valence-electron chi connectivity index (χ3n) is 2.66. The molecular weight excluding hydrogens is 324 g/mol. The fourth-order valence-corrected chi connectivity index (χ4v) is 2.24. The smallest absolute Gasteiger partial charge is 0.147 e. The fraction of sp³-hybridized carbons (Fsp3) is 0.143. The molecular formula is C14H11Cl3FNO. The number of benzene rings is 2. The van der Waals surface area contributed by atoms with Crippen LogP contribution in [0, 0.1) is 5.82 Å². The molecule has 0 heterocycles. The number of hydrogen-bond donors (Lipinski definition) is 1. The van der Waals surface area contributed by atoms with Gasteiger partial charge in [0, 0.05) is 17.7 Å². The lowest BCUT2D eigenvalue weighted by Gasteiger charge is -2.15.